The normalized spacial score (nSPS) is 11.6. The summed E-state index contributed by atoms with van der Waals surface area (Å²) in [5.74, 6) is -0.586. The maximum absolute atomic E-state index is 12.2. The molecule has 0 spiro atoms. The molecule has 7 nitrogen and oxygen atoms in total. The van der Waals surface area contributed by atoms with Crippen LogP contribution in [0.2, 0.25) is 0 Å². The minimum atomic E-state index is -0.505. The zero-order chi connectivity index (χ0) is 19.0. The molecule has 0 aliphatic heterocycles. The topological polar surface area (TPSA) is 91.7 Å². The molecule has 0 bridgehead atoms. The lowest BCUT2D eigenvalue weighted by Gasteiger charge is -2.16. The van der Waals surface area contributed by atoms with Crippen molar-refractivity contribution >= 4 is 23.5 Å². The molecule has 1 aromatic carbocycles. The van der Waals surface area contributed by atoms with E-state index in [4.69, 9.17) is 0 Å². The Bertz CT molecular complexity index is 620. The van der Waals surface area contributed by atoms with Crippen LogP contribution in [0.4, 0.5) is 10.5 Å². The van der Waals surface area contributed by atoms with Crippen molar-refractivity contribution in [3.05, 3.63) is 28.8 Å². The molecule has 1 atom stereocenters. The second-order valence-electron chi connectivity index (χ2n) is 6.44. The van der Waals surface area contributed by atoms with Crippen LogP contribution in [0.1, 0.15) is 30.0 Å². The number of aryl methyl sites for hydroxylation is 3. The van der Waals surface area contributed by atoms with E-state index in [1.807, 2.05) is 39.8 Å². The highest BCUT2D eigenvalue weighted by atomic mass is 16.2. The molecule has 138 valence electrons. The first-order valence-electron chi connectivity index (χ1n) is 8.49. The van der Waals surface area contributed by atoms with Gasteiger partial charge in [0.05, 0.1) is 7.05 Å². The van der Waals surface area contributed by atoms with Gasteiger partial charge in [-0.25, -0.2) is 4.79 Å². The van der Waals surface area contributed by atoms with E-state index in [2.05, 4.69) is 16.0 Å². The number of nitrogens with one attached hydrogen (secondary N) is 4. The van der Waals surface area contributed by atoms with Crippen molar-refractivity contribution in [2.75, 3.05) is 32.0 Å². The van der Waals surface area contributed by atoms with Crippen LogP contribution < -0.4 is 20.9 Å². The summed E-state index contributed by atoms with van der Waals surface area (Å²) in [7, 11) is 1.73. The number of anilines is 1. The Hall–Kier alpha value is -2.41. The molecule has 0 aliphatic carbocycles. The van der Waals surface area contributed by atoms with E-state index < -0.39 is 11.9 Å². The molecule has 0 fully saturated rings. The van der Waals surface area contributed by atoms with Crippen molar-refractivity contribution < 1.29 is 19.3 Å². The molecular formula is C18H29N4O3+. The SMILES string of the molecule is CCCNC(=O)NC(=O)C[NH+](C)CC(=O)Nc1c(C)cc(C)cc1C. The zero-order valence-corrected chi connectivity index (χ0v) is 15.7. The molecule has 25 heavy (non-hydrogen) atoms. The lowest BCUT2D eigenvalue weighted by molar-refractivity contribution is -0.862. The summed E-state index contributed by atoms with van der Waals surface area (Å²) in [6.45, 7) is 8.53. The third kappa shape index (κ3) is 7.34. The Morgan fingerprint density at radius 3 is 2.12 bits per heavy atom. The highest BCUT2D eigenvalue weighted by Gasteiger charge is 2.17. The van der Waals surface area contributed by atoms with Gasteiger partial charge in [-0.05, 0) is 38.3 Å². The van der Waals surface area contributed by atoms with Crippen LogP contribution in [0, 0.1) is 20.8 Å². The molecule has 0 saturated heterocycles. The Morgan fingerprint density at radius 2 is 1.56 bits per heavy atom. The van der Waals surface area contributed by atoms with Gasteiger partial charge in [0.1, 0.15) is 0 Å². The summed E-state index contributed by atoms with van der Waals surface area (Å²) in [4.78, 5) is 36.1. The van der Waals surface area contributed by atoms with Crippen molar-refractivity contribution in [1.82, 2.24) is 10.6 Å². The monoisotopic (exact) mass is 349 g/mol. The van der Waals surface area contributed by atoms with Gasteiger partial charge in [0.25, 0.3) is 11.8 Å². The average Bonchev–Trinajstić information content (AvgIpc) is 2.48. The molecule has 1 rings (SSSR count). The van der Waals surface area contributed by atoms with Gasteiger partial charge in [-0.15, -0.1) is 0 Å². The summed E-state index contributed by atoms with van der Waals surface area (Å²) < 4.78 is 0. The number of benzene rings is 1. The third-order valence-corrected chi connectivity index (χ3v) is 3.65. The number of amides is 4. The second kappa shape index (κ2) is 9.78. The van der Waals surface area contributed by atoms with E-state index in [1.54, 1.807) is 7.05 Å². The molecule has 0 aliphatic rings. The summed E-state index contributed by atoms with van der Waals surface area (Å²) in [6, 6.07) is 3.53. The number of likely N-dealkylation sites (N-methyl/N-ethyl adjacent to an activating group) is 1. The van der Waals surface area contributed by atoms with Gasteiger partial charge < -0.3 is 15.5 Å². The number of rotatable bonds is 7. The molecular weight excluding hydrogens is 320 g/mol. The summed E-state index contributed by atoms with van der Waals surface area (Å²) in [5.41, 5.74) is 3.98. The molecule has 7 heteroatoms. The minimum Gasteiger partial charge on any atom is -0.338 e. The van der Waals surface area contributed by atoms with Gasteiger partial charge >= 0.3 is 6.03 Å². The van der Waals surface area contributed by atoms with Gasteiger partial charge in [0.2, 0.25) is 0 Å². The van der Waals surface area contributed by atoms with Crippen LogP contribution >= 0.6 is 0 Å². The fourth-order valence-corrected chi connectivity index (χ4v) is 2.63. The lowest BCUT2D eigenvalue weighted by Crippen LogP contribution is -3.11. The summed E-state index contributed by atoms with van der Waals surface area (Å²) in [5, 5.41) is 7.73. The molecule has 1 aromatic rings. The van der Waals surface area contributed by atoms with Crippen LogP contribution in [-0.4, -0.2) is 44.5 Å². The van der Waals surface area contributed by atoms with Crippen molar-refractivity contribution in [2.24, 2.45) is 0 Å². The van der Waals surface area contributed by atoms with Crippen molar-refractivity contribution in [3.63, 3.8) is 0 Å². The summed E-state index contributed by atoms with van der Waals surface area (Å²) >= 11 is 0. The fourth-order valence-electron chi connectivity index (χ4n) is 2.63. The Labute approximate surface area is 149 Å². The standard InChI is InChI=1S/C18H28N4O3/c1-6-7-19-18(25)21-16(24)11-22(5)10-15(23)20-17-13(3)8-12(2)9-14(17)4/h8-9H,6-7,10-11H2,1-5H3,(H,20,23)(H2,19,21,24,25)/p+1. The van der Waals surface area contributed by atoms with E-state index in [0.29, 0.717) is 11.4 Å². The maximum atomic E-state index is 12.2. The quantitative estimate of drug-likeness (QED) is 0.571. The van der Waals surface area contributed by atoms with E-state index in [0.717, 1.165) is 28.8 Å². The van der Waals surface area contributed by atoms with Crippen LogP contribution in [0.3, 0.4) is 0 Å². The number of hydrogen-bond acceptors (Lipinski definition) is 3. The van der Waals surface area contributed by atoms with Crippen LogP contribution in [0.15, 0.2) is 12.1 Å². The molecule has 0 heterocycles. The number of hydrogen-bond donors (Lipinski definition) is 4. The van der Waals surface area contributed by atoms with Crippen molar-refractivity contribution in [2.45, 2.75) is 34.1 Å². The van der Waals surface area contributed by atoms with Gasteiger partial charge in [0, 0.05) is 12.2 Å². The largest absolute Gasteiger partial charge is 0.338 e. The number of urea groups is 1. The fraction of sp³-hybridized carbons (Fsp3) is 0.500. The van der Waals surface area contributed by atoms with Crippen molar-refractivity contribution in [1.29, 1.82) is 0 Å². The van der Waals surface area contributed by atoms with Crippen LogP contribution in [0.5, 0.6) is 0 Å². The highest BCUT2D eigenvalue weighted by Crippen LogP contribution is 2.21. The van der Waals surface area contributed by atoms with Crippen LogP contribution in [-0.2, 0) is 9.59 Å². The molecule has 0 radical (unpaired) electrons. The zero-order valence-electron chi connectivity index (χ0n) is 15.7. The lowest BCUT2D eigenvalue weighted by atomic mass is 10.1. The first kappa shape index (κ1) is 20.6. The van der Waals surface area contributed by atoms with E-state index in [1.165, 1.54) is 0 Å². The summed E-state index contributed by atoms with van der Waals surface area (Å²) in [6.07, 6.45) is 0.796. The number of imide groups is 1. The smallest absolute Gasteiger partial charge is 0.321 e. The van der Waals surface area contributed by atoms with Gasteiger partial charge in [-0.3, -0.25) is 14.9 Å². The van der Waals surface area contributed by atoms with Gasteiger partial charge in [-0.2, -0.15) is 0 Å². The van der Waals surface area contributed by atoms with Crippen molar-refractivity contribution in [3.8, 4) is 0 Å². The first-order valence-corrected chi connectivity index (χ1v) is 8.49. The number of carbonyl (C=O) groups excluding carboxylic acids is 3. The Kier molecular flexibility index (Phi) is 8.07. The first-order chi connectivity index (χ1) is 11.7. The molecule has 4 N–H and O–H groups in total. The highest BCUT2D eigenvalue weighted by molar-refractivity contribution is 5.95. The average molecular weight is 349 g/mol. The number of quaternary nitrogens is 1. The molecule has 0 saturated carbocycles. The van der Waals surface area contributed by atoms with E-state index >= 15 is 0 Å². The predicted octanol–water partition coefficient (Wildman–Crippen LogP) is 0.301. The predicted molar refractivity (Wildman–Crippen MR) is 97.7 cm³/mol. The van der Waals surface area contributed by atoms with Crippen LogP contribution in [0.25, 0.3) is 0 Å². The maximum Gasteiger partial charge on any atom is 0.321 e. The minimum absolute atomic E-state index is 0.0405. The Balaban J connectivity index is 2.49. The molecule has 4 amide bonds. The van der Waals surface area contributed by atoms with E-state index in [9.17, 15) is 14.4 Å². The van der Waals surface area contributed by atoms with E-state index in [-0.39, 0.29) is 19.0 Å². The van der Waals surface area contributed by atoms with Gasteiger partial charge in [0.15, 0.2) is 13.1 Å². The van der Waals surface area contributed by atoms with Gasteiger partial charge in [-0.1, -0.05) is 24.6 Å². The number of carbonyl (C=O) groups is 3. The Morgan fingerprint density at radius 1 is 1.00 bits per heavy atom. The molecule has 0 aromatic heterocycles. The third-order valence-electron chi connectivity index (χ3n) is 3.65. The molecule has 1 unspecified atom stereocenters. The second-order valence-corrected chi connectivity index (χ2v) is 6.44.